The molecule has 4 nitrogen and oxygen atoms in total. The van der Waals surface area contributed by atoms with Crippen molar-refractivity contribution in [1.82, 2.24) is 5.32 Å². The first-order chi connectivity index (χ1) is 9.00. The predicted octanol–water partition coefficient (Wildman–Crippen LogP) is 2.49. The van der Waals surface area contributed by atoms with Gasteiger partial charge in [0.25, 0.3) is 5.91 Å². The quantitative estimate of drug-likeness (QED) is 0.883. The van der Waals surface area contributed by atoms with Crippen LogP contribution in [0.5, 0.6) is 0 Å². The number of rotatable bonds is 3. The fourth-order valence-corrected chi connectivity index (χ4v) is 2.98. The Balaban J connectivity index is 2.13. The highest BCUT2D eigenvalue weighted by Gasteiger charge is 2.33. The summed E-state index contributed by atoms with van der Waals surface area (Å²) >= 11 is 9.35. The smallest absolute Gasteiger partial charge is 0.253 e. The first kappa shape index (κ1) is 14.3. The Morgan fingerprint density at radius 1 is 1.37 bits per heavy atom. The molecular weight excluding hydrogens is 332 g/mol. The molecule has 2 amide bonds. The Bertz CT molecular complexity index is 521. The average molecular weight is 346 g/mol. The van der Waals surface area contributed by atoms with Gasteiger partial charge >= 0.3 is 0 Å². The molecule has 6 heteroatoms. The van der Waals surface area contributed by atoms with E-state index in [0.717, 1.165) is 19.3 Å². The van der Waals surface area contributed by atoms with E-state index in [1.807, 2.05) is 0 Å². The van der Waals surface area contributed by atoms with Crippen LogP contribution < -0.4 is 11.1 Å². The molecule has 1 aliphatic rings. The summed E-state index contributed by atoms with van der Waals surface area (Å²) in [5.41, 5.74) is 5.73. The van der Waals surface area contributed by atoms with Crippen LogP contribution in [0.2, 0.25) is 5.02 Å². The van der Waals surface area contributed by atoms with Gasteiger partial charge in [0.1, 0.15) is 0 Å². The first-order valence-corrected chi connectivity index (χ1v) is 7.22. The minimum absolute atomic E-state index is 0.194. The van der Waals surface area contributed by atoms with E-state index < -0.39 is 0 Å². The standard InChI is InChI=1S/C13H14BrClN2O2/c14-9-5-1-4-8(11(9)15)13(19)17-10-6-2-3-7(10)12(16)18/h1,4-5,7,10H,2-3,6H2,(H2,16,18)(H,17,19). The number of primary amides is 1. The van der Waals surface area contributed by atoms with Gasteiger partial charge in [-0.1, -0.05) is 24.1 Å². The second-order valence-corrected chi connectivity index (χ2v) is 5.85. The van der Waals surface area contributed by atoms with Gasteiger partial charge in [-0.2, -0.15) is 0 Å². The number of amides is 2. The molecule has 0 radical (unpaired) electrons. The summed E-state index contributed by atoms with van der Waals surface area (Å²) in [5.74, 6) is -0.914. The summed E-state index contributed by atoms with van der Waals surface area (Å²) in [6, 6.07) is 4.96. The SMILES string of the molecule is NC(=O)C1CCCC1NC(=O)c1cccc(Br)c1Cl. The Hall–Kier alpha value is -1.07. The molecular formula is C13H14BrClN2O2. The fourth-order valence-electron chi connectivity index (χ4n) is 2.40. The van der Waals surface area contributed by atoms with Crippen LogP contribution in [0, 0.1) is 5.92 Å². The molecule has 0 bridgehead atoms. The van der Waals surface area contributed by atoms with Crippen molar-refractivity contribution in [3.05, 3.63) is 33.3 Å². The number of nitrogens with two attached hydrogens (primary N) is 1. The predicted molar refractivity (Wildman–Crippen MR) is 76.9 cm³/mol. The van der Waals surface area contributed by atoms with Gasteiger partial charge in [0.2, 0.25) is 5.91 Å². The van der Waals surface area contributed by atoms with Crippen LogP contribution >= 0.6 is 27.5 Å². The summed E-state index contributed by atoms with van der Waals surface area (Å²) < 4.78 is 0.666. The first-order valence-electron chi connectivity index (χ1n) is 6.05. The van der Waals surface area contributed by atoms with Gasteiger partial charge in [0.05, 0.1) is 16.5 Å². The minimum atomic E-state index is -0.358. The zero-order valence-corrected chi connectivity index (χ0v) is 12.5. The number of carbonyl (C=O) groups excluding carboxylic acids is 2. The number of nitrogens with one attached hydrogen (secondary N) is 1. The molecule has 0 spiro atoms. The van der Waals surface area contributed by atoms with Gasteiger partial charge < -0.3 is 11.1 Å². The maximum absolute atomic E-state index is 12.2. The second kappa shape index (κ2) is 5.92. The van der Waals surface area contributed by atoms with Crippen molar-refractivity contribution in [3.8, 4) is 0 Å². The van der Waals surface area contributed by atoms with E-state index in [-0.39, 0.29) is 23.8 Å². The fraction of sp³-hybridized carbons (Fsp3) is 0.385. The van der Waals surface area contributed by atoms with Gasteiger partial charge in [0, 0.05) is 10.5 Å². The van der Waals surface area contributed by atoms with Crippen molar-refractivity contribution in [2.45, 2.75) is 25.3 Å². The summed E-state index contributed by atoms with van der Waals surface area (Å²) in [6.45, 7) is 0. The highest BCUT2D eigenvalue weighted by Crippen LogP contribution is 2.28. The van der Waals surface area contributed by atoms with Gasteiger partial charge in [-0.05, 0) is 40.9 Å². The van der Waals surface area contributed by atoms with Gasteiger partial charge in [-0.3, -0.25) is 9.59 Å². The summed E-state index contributed by atoms with van der Waals surface area (Å²) in [4.78, 5) is 23.5. The highest BCUT2D eigenvalue weighted by molar-refractivity contribution is 9.10. The Morgan fingerprint density at radius 3 is 2.79 bits per heavy atom. The van der Waals surface area contributed by atoms with Crippen molar-refractivity contribution in [2.75, 3.05) is 0 Å². The molecule has 1 fully saturated rings. The number of carbonyl (C=O) groups is 2. The Morgan fingerprint density at radius 2 is 2.11 bits per heavy atom. The molecule has 19 heavy (non-hydrogen) atoms. The molecule has 2 atom stereocenters. The van der Waals surface area contributed by atoms with Crippen molar-refractivity contribution in [1.29, 1.82) is 0 Å². The van der Waals surface area contributed by atoms with Gasteiger partial charge in [0.15, 0.2) is 0 Å². The molecule has 0 saturated heterocycles. The van der Waals surface area contributed by atoms with Crippen LogP contribution in [-0.4, -0.2) is 17.9 Å². The third-order valence-electron chi connectivity index (χ3n) is 3.39. The third kappa shape index (κ3) is 3.09. The lowest BCUT2D eigenvalue weighted by Gasteiger charge is -2.18. The Labute approximate surface area is 124 Å². The van der Waals surface area contributed by atoms with E-state index in [0.29, 0.717) is 15.1 Å². The molecule has 1 aromatic rings. The summed E-state index contributed by atoms with van der Waals surface area (Å²) in [5, 5.41) is 3.22. The number of hydrogen-bond acceptors (Lipinski definition) is 2. The molecule has 2 rings (SSSR count). The van der Waals surface area contributed by atoms with Crippen LogP contribution in [0.1, 0.15) is 29.6 Å². The molecule has 102 valence electrons. The molecule has 0 aliphatic heterocycles. The van der Waals surface area contributed by atoms with Crippen molar-refractivity contribution in [2.24, 2.45) is 11.7 Å². The lowest BCUT2D eigenvalue weighted by atomic mass is 10.0. The topological polar surface area (TPSA) is 72.2 Å². The molecule has 3 N–H and O–H groups in total. The van der Waals surface area contributed by atoms with Gasteiger partial charge in [-0.15, -0.1) is 0 Å². The molecule has 1 aromatic carbocycles. The molecule has 0 heterocycles. The number of benzene rings is 1. The lowest BCUT2D eigenvalue weighted by Crippen LogP contribution is -2.42. The second-order valence-electron chi connectivity index (χ2n) is 4.62. The minimum Gasteiger partial charge on any atom is -0.369 e. The molecule has 1 saturated carbocycles. The molecule has 2 unspecified atom stereocenters. The maximum Gasteiger partial charge on any atom is 0.253 e. The van der Waals surface area contributed by atoms with E-state index in [1.165, 1.54) is 0 Å². The molecule has 0 aromatic heterocycles. The lowest BCUT2D eigenvalue weighted by molar-refractivity contribution is -0.122. The highest BCUT2D eigenvalue weighted by atomic mass is 79.9. The largest absolute Gasteiger partial charge is 0.369 e. The van der Waals surface area contributed by atoms with E-state index in [2.05, 4.69) is 21.2 Å². The normalized spacial score (nSPS) is 22.2. The van der Waals surface area contributed by atoms with E-state index in [9.17, 15) is 9.59 Å². The van der Waals surface area contributed by atoms with Crippen LogP contribution in [0.4, 0.5) is 0 Å². The van der Waals surface area contributed by atoms with Gasteiger partial charge in [-0.25, -0.2) is 0 Å². The summed E-state index contributed by atoms with van der Waals surface area (Å²) in [6.07, 6.45) is 2.39. The zero-order chi connectivity index (χ0) is 14.0. The molecule has 1 aliphatic carbocycles. The number of halogens is 2. The van der Waals surface area contributed by atoms with Crippen molar-refractivity contribution >= 4 is 39.3 Å². The van der Waals surface area contributed by atoms with E-state index in [4.69, 9.17) is 17.3 Å². The van der Waals surface area contributed by atoms with E-state index >= 15 is 0 Å². The van der Waals surface area contributed by atoms with Crippen LogP contribution in [-0.2, 0) is 4.79 Å². The van der Waals surface area contributed by atoms with E-state index in [1.54, 1.807) is 18.2 Å². The summed E-state index contributed by atoms with van der Waals surface area (Å²) in [7, 11) is 0. The van der Waals surface area contributed by atoms with Crippen molar-refractivity contribution < 1.29 is 9.59 Å². The van der Waals surface area contributed by atoms with Crippen LogP contribution in [0.15, 0.2) is 22.7 Å². The van der Waals surface area contributed by atoms with Crippen molar-refractivity contribution in [3.63, 3.8) is 0 Å². The average Bonchev–Trinajstić information content (AvgIpc) is 2.80. The number of hydrogen-bond donors (Lipinski definition) is 2. The van der Waals surface area contributed by atoms with Crippen LogP contribution in [0.25, 0.3) is 0 Å². The zero-order valence-electron chi connectivity index (χ0n) is 10.2. The third-order valence-corrected chi connectivity index (χ3v) is 4.69. The monoisotopic (exact) mass is 344 g/mol. The Kier molecular flexibility index (Phi) is 4.47. The maximum atomic E-state index is 12.2. The van der Waals surface area contributed by atoms with Crippen LogP contribution in [0.3, 0.4) is 0 Å².